The average Bonchev–Trinajstić information content (AvgIpc) is 2.67. The zero-order valence-electron chi connectivity index (χ0n) is 20.3. The van der Waals surface area contributed by atoms with Crippen LogP contribution >= 0.6 is 0 Å². The van der Waals surface area contributed by atoms with Crippen molar-refractivity contribution in [1.82, 2.24) is 10.2 Å². The zero-order chi connectivity index (χ0) is 22.6. The van der Waals surface area contributed by atoms with Crippen LogP contribution in [-0.2, 0) is 0 Å². The number of hydrogen-bond donors (Lipinski definition) is 1. The van der Waals surface area contributed by atoms with Crippen LogP contribution in [0.2, 0.25) is 0 Å². The maximum Gasteiger partial charge on any atom is 0.0544 e. The summed E-state index contributed by atoms with van der Waals surface area (Å²) >= 11 is 0. The Morgan fingerprint density at radius 1 is 0.931 bits per heavy atom. The van der Waals surface area contributed by atoms with Gasteiger partial charge in [0, 0.05) is 23.1 Å². The van der Waals surface area contributed by atoms with Crippen LogP contribution in [0.15, 0.2) is 83.4 Å². The average molecular weight is 397 g/mol. The number of allylic oxidation sites excluding steroid dienone is 10. The molecule has 0 fully saturated rings. The second kappa shape index (κ2) is 13.9. The summed E-state index contributed by atoms with van der Waals surface area (Å²) in [6.07, 6.45) is 11.8. The third-order valence-corrected chi connectivity index (χ3v) is 5.05. The van der Waals surface area contributed by atoms with Crippen LogP contribution < -0.4 is 5.32 Å². The van der Waals surface area contributed by atoms with E-state index in [0.29, 0.717) is 6.04 Å². The molecule has 0 saturated carbocycles. The van der Waals surface area contributed by atoms with Crippen LogP contribution in [0.3, 0.4) is 0 Å². The molecule has 0 aromatic heterocycles. The van der Waals surface area contributed by atoms with Crippen LogP contribution in [0, 0.1) is 0 Å². The second-order valence-corrected chi connectivity index (χ2v) is 8.14. The monoisotopic (exact) mass is 396 g/mol. The molecule has 0 aliphatic rings. The van der Waals surface area contributed by atoms with E-state index in [2.05, 4.69) is 96.6 Å². The molecule has 2 nitrogen and oxygen atoms in total. The van der Waals surface area contributed by atoms with Crippen LogP contribution in [0.25, 0.3) is 0 Å². The Hall–Kier alpha value is -2.22. The molecule has 162 valence electrons. The summed E-state index contributed by atoms with van der Waals surface area (Å²) in [5, 5.41) is 3.51. The zero-order valence-corrected chi connectivity index (χ0v) is 20.3. The Kier molecular flexibility index (Phi) is 12.8. The highest BCUT2D eigenvalue weighted by molar-refractivity contribution is 5.38. The Morgan fingerprint density at radius 3 is 2.03 bits per heavy atom. The molecule has 29 heavy (non-hydrogen) atoms. The fourth-order valence-corrected chi connectivity index (χ4v) is 2.97. The molecule has 0 radical (unpaired) electrons. The largest absolute Gasteiger partial charge is 0.383 e. The van der Waals surface area contributed by atoms with E-state index in [-0.39, 0.29) is 0 Å². The second-order valence-electron chi connectivity index (χ2n) is 8.14. The quantitative estimate of drug-likeness (QED) is 0.319. The van der Waals surface area contributed by atoms with Crippen LogP contribution in [0.1, 0.15) is 74.7 Å². The van der Waals surface area contributed by atoms with Gasteiger partial charge in [0.15, 0.2) is 0 Å². The summed E-state index contributed by atoms with van der Waals surface area (Å²) in [4.78, 5) is 2.42. The molecule has 0 aliphatic carbocycles. The van der Waals surface area contributed by atoms with Gasteiger partial charge in [-0.3, -0.25) is 0 Å². The first-order valence-electron chi connectivity index (χ1n) is 10.8. The van der Waals surface area contributed by atoms with E-state index in [4.69, 9.17) is 0 Å². The third kappa shape index (κ3) is 10.2. The van der Waals surface area contributed by atoms with Crippen molar-refractivity contribution in [1.29, 1.82) is 0 Å². The van der Waals surface area contributed by atoms with Crippen molar-refractivity contribution >= 4 is 0 Å². The van der Waals surface area contributed by atoms with Crippen LogP contribution in [0.4, 0.5) is 0 Å². The SMILES string of the molecule is C=C(C)C(=C)/C=C\C(C)=C(/C)N(C(=C)CN/C(C)=C/C=C(C)C)C(CC)CCC. The summed E-state index contributed by atoms with van der Waals surface area (Å²) < 4.78 is 0. The maximum atomic E-state index is 4.43. The van der Waals surface area contributed by atoms with E-state index in [1.54, 1.807) is 0 Å². The predicted octanol–water partition coefficient (Wildman–Crippen LogP) is 7.82. The van der Waals surface area contributed by atoms with Crippen molar-refractivity contribution in [2.75, 3.05) is 6.54 Å². The number of nitrogens with zero attached hydrogens (tertiary/aromatic N) is 1. The summed E-state index contributed by atoms with van der Waals surface area (Å²) in [5.74, 6) is 0. The fraction of sp³-hybridized carbons (Fsp3) is 0.481. The van der Waals surface area contributed by atoms with Gasteiger partial charge < -0.3 is 10.2 Å². The van der Waals surface area contributed by atoms with Gasteiger partial charge in [-0.05, 0) is 71.6 Å². The molecular weight excluding hydrogens is 352 g/mol. The van der Waals surface area contributed by atoms with Crippen molar-refractivity contribution in [3.05, 3.63) is 83.4 Å². The highest BCUT2D eigenvalue weighted by Gasteiger charge is 2.20. The number of hydrogen-bond acceptors (Lipinski definition) is 2. The smallest absolute Gasteiger partial charge is 0.0544 e. The Bertz CT molecular complexity index is 694. The normalized spacial score (nSPS) is 13.6. The molecule has 0 aliphatic heterocycles. The van der Waals surface area contributed by atoms with E-state index in [1.165, 1.54) is 16.8 Å². The summed E-state index contributed by atoms with van der Waals surface area (Å²) in [5.41, 5.74) is 7.95. The van der Waals surface area contributed by atoms with Gasteiger partial charge in [0.25, 0.3) is 0 Å². The molecule has 0 rings (SSSR count). The minimum atomic E-state index is 0.448. The lowest BCUT2D eigenvalue weighted by Crippen LogP contribution is -2.36. The van der Waals surface area contributed by atoms with E-state index >= 15 is 0 Å². The third-order valence-electron chi connectivity index (χ3n) is 5.05. The van der Waals surface area contributed by atoms with Crippen molar-refractivity contribution in [3.63, 3.8) is 0 Å². The molecule has 0 amide bonds. The van der Waals surface area contributed by atoms with Gasteiger partial charge in [-0.1, -0.05) is 69.4 Å². The van der Waals surface area contributed by atoms with E-state index in [0.717, 1.165) is 48.3 Å². The lowest BCUT2D eigenvalue weighted by atomic mass is 10.0. The highest BCUT2D eigenvalue weighted by atomic mass is 15.2. The lowest BCUT2D eigenvalue weighted by molar-refractivity contribution is 0.280. The molecule has 0 aromatic carbocycles. The molecule has 0 saturated heterocycles. The van der Waals surface area contributed by atoms with E-state index in [1.807, 2.05) is 13.0 Å². The minimum absolute atomic E-state index is 0.448. The van der Waals surface area contributed by atoms with Gasteiger partial charge >= 0.3 is 0 Å². The summed E-state index contributed by atoms with van der Waals surface area (Å²) in [6.45, 7) is 30.3. The minimum Gasteiger partial charge on any atom is -0.383 e. The first-order chi connectivity index (χ1) is 13.5. The van der Waals surface area contributed by atoms with Crippen LogP contribution in [0.5, 0.6) is 0 Å². The van der Waals surface area contributed by atoms with Gasteiger partial charge in [0.1, 0.15) is 0 Å². The Balaban J connectivity index is 5.68. The molecule has 1 unspecified atom stereocenters. The first kappa shape index (κ1) is 26.8. The van der Waals surface area contributed by atoms with E-state index in [9.17, 15) is 0 Å². The van der Waals surface area contributed by atoms with Gasteiger partial charge in [0.2, 0.25) is 0 Å². The lowest BCUT2D eigenvalue weighted by Gasteiger charge is -2.36. The molecule has 0 bridgehead atoms. The molecule has 0 heterocycles. The van der Waals surface area contributed by atoms with Crippen molar-refractivity contribution in [2.24, 2.45) is 0 Å². The predicted molar refractivity (Wildman–Crippen MR) is 133 cm³/mol. The maximum absolute atomic E-state index is 4.43. The molecule has 1 atom stereocenters. The van der Waals surface area contributed by atoms with Gasteiger partial charge in [-0.25, -0.2) is 0 Å². The molecule has 0 spiro atoms. The van der Waals surface area contributed by atoms with Gasteiger partial charge in [-0.2, -0.15) is 0 Å². The molecule has 0 aromatic rings. The number of rotatable bonds is 13. The van der Waals surface area contributed by atoms with Gasteiger partial charge in [0.05, 0.1) is 6.54 Å². The molecular formula is C27H44N2. The van der Waals surface area contributed by atoms with Crippen molar-refractivity contribution in [2.45, 2.75) is 80.7 Å². The topological polar surface area (TPSA) is 15.3 Å². The van der Waals surface area contributed by atoms with Crippen LogP contribution in [-0.4, -0.2) is 17.5 Å². The fourth-order valence-electron chi connectivity index (χ4n) is 2.97. The first-order valence-corrected chi connectivity index (χ1v) is 10.8. The van der Waals surface area contributed by atoms with Crippen molar-refractivity contribution < 1.29 is 0 Å². The number of nitrogens with one attached hydrogen (secondary N) is 1. The Morgan fingerprint density at radius 2 is 1.55 bits per heavy atom. The summed E-state index contributed by atoms with van der Waals surface area (Å²) in [6, 6.07) is 0.448. The highest BCUT2D eigenvalue weighted by Crippen LogP contribution is 2.25. The summed E-state index contributed by atoms with van der Waals surface area (Å²) in [7, 11) is 0. The van der Waals surface area contributed by atoms with Crippen molar-refractivity contribution in [3.8, 4) is 0 Å². The molecule has 1 N–H and O–H groups in total. The Labute approximate surface area is 181 Å². The molecule has 2 heteroatoms. The van der Waals surface area contributed by atoms with E-state index < -0.39 is 0 Å². The van der Waals surface area contributed by atoms with Gasteiger partial charge in [-0.15, -0.1) is 0 Å². The standard InChI is InChI=1S/C27H44N2/c1-12-14-27(13-2)29(25(10)19-28-24(9)18-15-20(3)4)26(11)23(8)17-16-22(7)21(5)6/h15-18,27-28H,5,7,10,12-14,19H2,1-4,6,8-9,11H3/b17-16-,24-18+,26-23+.